The first-order valence-electron chi connectivity index (χ1n) is 4.27. The van der Waals surface area contributed by atoms with Gasteiger partial charge in [-0.05, 0) is 36.4 Å². The van der Waals surface area contributed by atoms with Gasteiger partial charge in [0.2, 0.25) is 0 Å². The Morgan fingerprint density at radius 2 is 2.08 bits per heavy atom. The molecule has 0 aromatic heterocycles. The average Bonchev–Trinajstić information content (AvgIpc) is 2.84. The van der Waals surface area contributed by atoms with Gasteiger partial charge < -0.3 is 5.73 Å². The van der Waals surface area contributed by atoms with E-state index in [2.05, 4.69) is 6.07 Å². The lowest BCUT2D eigenvalue weighted by molar-refractivity contribution is 0.810. The molecule has 2 atom stereocenters. The first kappa shape index (κ1) is 10.8. The molecule has 0 saturated heterocycles. The largest absolute Gasteiger partial charge is 0.330 e. The van der Waals surface area contributed by atoms with Crippen LogP contribution in [0.1, 0.15) is 17.9 Å². The molecule has 1 aromatic carbocycles. The minimum atomic E-state index is 0. The normalized spacial score (nSPS) is 25.1. The van der Waals surface area contributed by atoms with Crippen LogP contribution in [-0.2, 0) is 0 Å². The van der Waals surface area contributed by atoms with Gasteiger partial charge in [0.15, 0.2) is 0 Å². The second-order valence-electron chi connectivity index (χ2n) is 3.36. The van der Waals surface area contributed by atoms with Crippen molar-refractivity contribution in [2.24, 2.45) is 11.7 Å². The van der Waals surface area contributed by atoms with E-state index in [0.29, 0.717) is 11.8 Å². The molecule has 2 rings (SSSR count). The molecule has 1 aliphatic rings. The zero-order valence-electron chi connectivity index (χ0n) is 7.24. The Kier molecular flexibility index (Phi) is 3.60. The lowest BCUT2D eigenvalue weighted by Crippen LogP contribution is -2.01. The second kappa shape index (κ2) is 4.32. The molecule has 0 bridgehead atoms. The molecule has 1 aromatic rings. The average molecular weight is 218 g/mol. The molecule has 0 spiro atoms. The van der Waals surface area contributed by atoms with Crippen molar-refractivity contribution in [2.45, 2.75) is 12.3 Å². The fraction of sp³-hybridized carbons (Fsp3) is 0.400. The molecule has 1 saturated carbocycles. The van der Waals surface area contributed by atoms with E-state index in [-0.39, 0.29) is 12.4 Å². The van der Waals surface area contributed by atoms with Crippen LogP contribution >= 0.6 is 24.0 Å². The summed E-state index contributed by atoms with van der Waals surface area (Å²) in [6.45, 7) is 0.788. The Bertz CT molecular complexity index is 288. The summed E-state index contributed by atoms with van der Waals surface area (Å²) in [5.41, 5.74) is 6.84. The summed E-state index contributed by atoms with van der Waals surface area (Å²) in [6, 6.07) is 8.05. The number of hydrogen-bond donors (Lipinski definition) is 1. The van der Waals surface area contributed by atoms with E-state index < -0.39 is 0 Å². The standard InChI is InChI=1S/C10H12ClN.ClH/c11-10-4-2-1-3-8(10)9-5-7(9)6-12;/h1-4,7,9H,5-6,12H2;1H/t7-,9+;/m1./s1. The predicted molar refractivity (Wildman–Crippen MR) is 58.6 cm³/mol. The zero-order chi connectivity index (χ0) is 8.55. The van der Waals surface area contributed by atoms with Crippen molar-refractivity contribution in [3.8, 4) is 0 Å². The Balaban J connectivity index is 0.000000845. The van der Waals surface area contributed by atoms with Gasteiger partial charge in [0.1, 0.15) is 0 Å². The molecule has 1 aliphatic carbocycles. The van der Waals surface area contributed by atoms with Gasteiger partial charge in [-0.15, -0.1) is 12.4 Å². The van der Waals surface area contributed by atoms with Crippen LogP contribution in [0.5, 0.6) is 0 Å². The molecule has 0 heterocycles. The minimum Gasteiger partial charge on any atom is -0.330 e. The summed E-state index contributed by atoms with van der Waals surface area (Å²) in [7, 11) is 0. The van der Waals surface area contributed by atoms with Gasteiger partial charge in [0.05, 0.1) is 0 Å². The Morgan fingerprint density at radius 1 is 1.38 bits per heavy atom. The summed E-state index contributed by atoms with van der Waals surface area (Å²) in [5.74, 6) is 1.30. The zero-order valence-corrected chi connectivity index (χ0v) is 8.81. The molecule has 1 nitrogen and oxygen atoms in total. The first-order chi connectivity index (χ1) is 5.83. The molecular weight excluding hydrogens is 205 g/mol. The van der Waals surface area contributed by atoms with Crippen molar-refractivity contribution in [1.82, 2.24) is 0 Å². The van der Waals surface area contributed by atoms with Crippen LogP contribution in [-0.4, -0.2) is 6.54 Å². The number of benzene rings is 1. The summed E-state index contributed by atoms with van der Waals surface area (Å²) in [5, 5.41) is 0.887. The van der Waals surface area contributed by atoms with Crippen LogP contribution in [0.15, 0.2) is 24.3 Å². The number of nitrogens with two attached hydrogens (primary N) is 1. The highest BCUT2D eigenvalue weighted by molar-refractivity contribution is 6.31. The van der Waals surface area contributed by atoms with E-state index in [4.69, 9.17) is 17.3 Å². The van der Waals surface area contributed by atoms with E-state index in [1.807, 2.05) is 18.2 Å². The molecule has 0 radical (unpaired) electrons. The number of rotatable bonds is 2. The number of hydrogen-bond acceptors (Lipinski definition) is 1. The summed E-state index contributed by atoms with van der Waals surface area (Å²) >= 11 is 6.04. The quantitative estimate of drug-likeness (QED) is 0.811. The Hall–Kier alpha value is -0.240. The molecule has 13 heavy (non-hydrogen) atoms. The van der Waals surface area contributed by atoms with Gasteiger partial charge in [0, 0.05) is 5.02 Å². The SMILES string of the molecule is Cl.NC[C@H]1C[C@@H]1c1ccccc1Cl. The monoisotopic (exact) mass is 217 g/mol. The molecule has 3 heteroatoms. The third-order valence-corrected chi connectivity index (χ3v) is 2.87. The molecule has 0 unspecified atom stereocenters. The van der Waals surface area contributed by atoms with Crippen molar-refractivity contribution in [3.63, 3.8) is 0 Å². The third kappa shape index (κ3) is 2.16. The van der Waals surface area contributed by atoms with Crippen LogP contribution < -0.4 is 5.73 Å². The topological polar surface area (TPSA) is 26.0 Å². The fourth-order valence-corrected chi connectivity index (χ4v) is 1.94. The number of halogens is 2. The maximum atomic E-state index is 6.04. The molecule has 1 fully saturated rings. The van der Waals surface area contributed by atoms with Crippen LogP contribution in [0.2, 0.25) is 5.02 Å². The van der Waals surface area contributed by atoms with Crippen molar-refractivity contribution in [1.29, 1.82) is 0 Å². The predicted octanol–water partition coefficient (Wildman–Crippen LogP) is 2.82. The maximum Gasteiger partial charge on any atom is 0.0440 e. The second-order valence-corrected chi connectivity index (χ2v) is 3.77. The van der Waals surface area contributed by atoms with E-state index >= 15 is 0 Å². The summed E-state index contributed by atoms with van der Waals surface area (Å²) in [6.07, 6.45) is 1.21. The summed E-state index contributed by atoms with van der Waals surface area (Å²) < 4.78 is 0. The van der Waals surface area contributed by atoms with Crippen molar-refractivity contribution < 1.29 is 0 Å². The fourth-order valence-electron chi connectivity index (χ4n) is 1.66. The van der Waals surface area contributed by atoms with Crippen molar-refractivity contribution in [2.75, 3.05) is 6.54 Å². The van der Waals surface area contributed by atoms with Crippen LogP contribution in [0, 0.1) is 5.92 Å². The van der Waals surface area contributed by atoms with Gasteiger partial charge in [-0.25, -0.2) is 0 Å². The molecule has 0 aliphatic heterocycles. The van der Waals surface area contributed by atoms with Crippen molar-refractivity contribution >= 4 is 24.0 Å². The first-order valence-corrected chi connectivity index (χ1v) is 4.65. The van der Waals surface area contributed by atoms with Crippen LogP contribution in [0.4, 0.5) is 0 Å². The smallest absolute Gasteiger partial charge is 0.0440 e. The van der Waals surface area contributed by atoms with Gasteiger partial charge in [-0.1, -0.05) is 29.8 Å². The molecule has 2 N–H and O–H groups in total. The van der Waals surface area contributed by atoms with E-state index in [0.717, 1.165) is 11.6 Å². The minimum absolute atomic E-state index is 0. The highest BCUT2D eigenvalue weighted by atomic mass is 35.5. The van der Waals surface area contributed by atoms with Crippen LogP contribution in [0.25, 0.3) is 0 Å². The third-order valence-electron chi connectivity index (χ3n) is 2.53. The lowest BCUT2D eigenvalue weighted by atomic mass is 10.1. The van der Waals surface area contributed by atoms with E-state index in [1.54, 1.807) is 0 Å². The highest BCUT2D eigenvalue weighted by Gasteiger charge is 2.37. The van der Waals surface area contributed by atoms with Gasteiger partial charge >= 0.3 is 0 Å². The summed E-state index contributed by atoms with van der Waals surface area (Å²) in [4.78, 5) is 0. The lowest BCUT2D eigenvalue weighted by Gasteiger charge is -2.01. The molecular formula is C10H13Cl2N. The molecule has 72 valence electrons. The Morgan fingerprint density at radius 3 is 2.62 bits per heavy atom. The van der Waals surface area contributed by atoms with E-state index in [9.17, 15) is 0 Å². The maximum absolute atomic E-state index is 6.04. The molecule has 0 amide bonds. The van der Waals surface area contributed by atoms with Gasteiger partial charge in [0.25, 0.3) is 0 Å². The van der Waals surface area contributed by atoms with Gasteiger partial charge in [-0.3, -0.25) is 0 Å². The van der Waals surface area contributed by atoms with Crippen molar-refractivity contribution in [3.05, 3.63) is 34.9 Å². The van der Waals surface area contributed by atoms with Gasteiger partial charge in [-0.2, -0.15) is 0 Å². The Labute approximate surface area is 89.7 Å². The highest BCUT2D eigenvalue weighted by Crippen LogP contribution is 2.48. The van der Waals surface area contributed by atoms with Crippen LogP contribution in [0.3, 0.4) is 0 Å². The van der Waals surface area contributed by atoms with E-state index in [1.165, 1.54) is 12.0 Å².